The Balaban J connectivity index is 2.01. The molecule has 2 aromatic rings. The van der Waals surface area contributed by atoms with Gasteiger partial charge in [-0.3, -0.25) is 4.99 Å². The Hall–Kier alpha value is -2.06. The zero-order chi connectivity index (χ0) is 18.9. The van der Waals surface area contributed by atoms with Crippen molar-refractivity contribution in [2.75, 3.05) is 11.4 Å². The first-order valence-corrected chi connectivity index (χ1v) is 9.61. The molecule has 0 unspecified atom stereocenters. The summed E-state index contributed by atoms with van der Waals surface area (Å²) in [4.78, 5) is 7.04. The highest BCUT2D eigenvalue weighted by Crippen LogP contribution is 2.41. The van der Waals surface area contributed by atoms with Crippen molar-refractivity contribution in [3.63, 3.8) is 0 Å². The molecule has 0 bridgehead atoms. The minimum Gasteiger partial charge on any atom is -0.362 e. The van der Waals surface area contributed by atoms with E-state index in [1.165, 1.54) is 22.4 Å². The molecule has 2 aromatic carbocycles. The second kappa shape index (κ2) is 7.28. The molecule has 0 atom stereocenters. The molecule has 26 heavy (non-hydrogen) atoms. The van der Waals surface area contributed by atoms with Crippen molar-refractivity contribution in [2.45, 2.75) is 46.6 Å². The first kappa shape index (κ1) is 18.7. The number of aliphatic imine (C=N–C) groups is 1. The molecule has 0 N–H and O–H groups in total. The van der Waals surface area contributed by atoms with Gasteiger partial charge in [-0.1, -0.05) is 42.3 Å². The van der Waals surface area contributed by atoms with E-state index in [2.05, 4.69) is 74.9 Å². The van der Waals surface area contributed by atoms with E-state index >= 15 is 0 Å². The summed E-state index contributed by atoms with van der Waals surface area (Å²) in [6, 6.07) is 12.4. The molecule has 0 aromatic heterocycles. The Bertz CT molecular complexity index is 861. The van der Waals surface area contributed by atoms with Crippen LogP contribution in [0.5, 0.6) is 0 Å². The summed E-state index contributed by atoms with van der Waals surface area (Å²) in [6.45, 7) is 12.0. The van der Waals surface area contributed by atoms with Crippen LogP contribution < -0.4 is 4.90 Å². The average molecular weight is 367 g/mol. The maximum absolute atomic E-state index is 6.62. The van der Waals surface area contributed by atoms with Gasteiger partial charge in [0.15, 0.2) is 0 Å². The number of nitrogens with zero attached hydrogens (tertiary/aromatic N) is 2. The van der Waals surface area contributed by atoms with Crippen molar-refractivity contribution in [1.29, 1.82) is 0 Å². The molecule has 1 aliphatic heterocycles. The highest BCUT2D eigenvalue weighted by atomic mass is 35.5. The van der Waals surface area contributed by atoms with Crippen LogP contribution >= 0.6 is 11.6 Å². The van der Waals surface area contributed by atoms with E-state index < -0.39 is 0 Å². The van der Waals surface area contributed by atoms with Crippen LogP contribution in [0.2, 0.25) is 5.02 Å². The Morgan fingerprint density at radius 2 is 1.81 bits per heavy atom. The molecule has 0 amide bonds. The van der Waals surface area contributed by atoms with Crippen LogP contribution in [0.25, 0.3) is 5.57 Å². The van der Waals surface area contributed by atoms with Gasteiger partial charge in [-0.25, -0.2) is 0 Å². The molecular formula is C23H27ClN2. The second-order valence-electron chi connectivity index (χ2n) is 7.62. The van der Waals surface area contributed by atoms with Crippen LogP contribution in [0.1, 0.15) is 50.8 Å². The molecule has 0 saturated carbocycles. The van der Waals surface area contributed by atoms with Crippen molar-refractivity contribution < 1.29 is 0 Å². The molecule has 3 rings (SSSR count). The van der Waals surface area contributed by atoms with Gasteiger partial charge in [-0.2, -0.15) is 0 Å². The van der Waals surface area contributed by atoms with Gasteiger partial charge in [0.1, 0.15) is 0 Å². The van der Waals surface area contributed by atoms with Gasteiger partial charge in [-0.15, -0.1) is 0 Å². The van der Waals surface area contributed by atoms with Crippen molar-refractivity contribution in [3.8, 4) is 0 Å². The number of benzene rings is 2. The minimum atomic E-state index is -0.00603. The smallest absolute Gasteiger partial charge is 0.0630 e. The van der Waals surface area contributed by atoms with E-state index in [4.69, 9.17) is 11.6 Å². The van der Waals surface area contributed by atoms with Crippen LogP contribution in [-0.4, -0.2) is 18.3 Å². The summed E-state index contributed by atoms with van der Waals surface area (Å²) in [5.74, 6) is 0. The summed E-state index contributed by atoms with van der Waals surface area (Å²) < 4.78 is 0. The zero-order valence-electron chi connectivity index (χ0n) is 16.3. The van der Waals surface area contributed by atoms with E-state index in [-0.39, 0.29) is 5.54 Å². The maximum atomic E-state index is 6.62. The van der Waals surface area contributed by atoms with Gasteiger partial charge in [0.25, 0.3) is 0 Å². The van der Waals surface area contributed by atoms with E-state index in [0.29, 0.717) is 0 Å². The van der Waals surface area contributed by atoms with Crippen LogP contribution in [0.15, 0.2) is 47.5 Å². The van der Waals surface area contributed by atoms with E-state index in [9.17, 15) is 0 Å². The summed E-state index contributed by atoms with van der Waals surface area (Å²) in [7, 11) is 0. The number of fused-ring (bicyclic) bond motifs is 1. The summed E-state index contributed by atoms with van der Waals surface area (Å²) in [5, 5.41) is 0.742. The van der Waals surface area contributed by atoms with Gasteiger partial charge in [0.05, 0.1) is 16.2 Å². The van der Waals surface area contributed by atoms with E-state index in [1.54, 1.807) is 0 Å². The van der Waals surface area contributed by atoms with Crippen LogP contribution in [0.4, 0.5) is 11.4 Å². The third-order valence-electron chi connectivity index (χ3n) is 4.93. The van der Waals surface area contributed by atoms with Gasteiger partial charge < -0.3 is 4.90 Å². The average Bonchev–Trinajstić information content (AvgIpc) is 2.58. The topological polar surface area (TPSA) is 15.6 Å². The Labute approximate surface area is 162 Å². The first-order valence-electron chi connectivity index (χ1n) is 9.23. The van der Waals surface area contributed by atoms with Gasteiger partial charge in [0, 0.05) is 29.6 Å². The maximum Gasteiger partial charge on any atom is 0.0630 e. The molecule has 1 aliphatic rings. The van der Waals surface area contributed by atoms with Crippen LogP contribution in [0, 0.1) is 6.92 Å². The Kier molecular flexibility index (Phi) is 5.24. The predicted octanol–water partition coefficient (Wildman–Crippen LogP) is 6.81. The van der Waals surface area contributed by atoms with Crippen molar-refractivity contribution in [2.24, 2.45) is 4.99 Å². The fourth-order valence-electron chi connectivity index (χ4n) is 3.62. The van der Waals surface area contributed by atoms with Crippen LogP contribution in [0.3, 0.4) is 0 Å². The predicted molar refractivity (Wildman–Crippen MR) is 115 cm³/mol. The first-order chi connectivity index (χ1) is 12.3. The monoisotopic (exact) mass is 366 g/mol. The molecule has 2 nitrogen and oxygen atoms in total. The lowest BCUT2D eigenvalue weighted by Crippen LogP contribution is -2.45. The van der Waals surface area contributed by atoms with E-state index in [1.807, 2.05) is 18.3 Å². The lowest BCUT2D eigenvalue weighted by molar-refractivity contribution is 0.550. The fourth-order valence-corrected chi connectivity index (χ4v) is 3.83. The number of anilines is 1. The molecule has 0 radical (unpaired) electrons. The molecule has 3 heteroatoms. The molecular weight excluding hydrogens is 340 g/mol. The summed E-state index contributed by atoms with van der Waals surface area (Å²) in [5.41, 5.74) is 6.87. The number of hydrogen-bond acceptors (Lipinski definition) is 2. The SMILES string of the molecule is CCCN1c2cc(Cl)c(C=Nc3ccc(C)cc3)cc2C(C)=CC1(C)C. The van der Waals surface area contributed by atoms with Crippen molar-refractivity contribution >= 4 is 34.8 Å². The normalized spacial score (nSPS) is 15.9. The third kappa shape index (κ3) is 3.71. The number of hydrogen-bond donors (Lipinski definition) is 0. The number of rotatable bonds is 4. The largest absolute Gasteiger partial charge is 0.362 e. The van der Waals surface area contributed by atoms with Crippen molar-refractivity contribution in [1.82, 2.24) is 0 Å². The van der Waals surface area contributed by atoms with Gasteiger partial charge >= 0.3 is 0 Å². The fraction of sp³-hybridized carbons (Fsp3) is 0.348. The third-order valence-corrected chi connectivity index (χ3v) is 5.26. The summed E-state index contributed by atoms with van der Waals surface area (Å²) >= 11 is 6.62. The molecule has 0 saturated heterocycles. The summed E-state index contributed by atoms with van der Waals surface area (Å²) in [6.07, 6.45) is 5.31. The molecule has 0 spiro atoms. The second-order valence-corrected chi connectivity index (χ2v) is 8.02. The Morgan fingerprint density at radius 1 is 1.12 bits per heavy atom. The van der Waals surface area contributed by atoms with Crippen LogP contribution in [-0.2, 0) is 0 Å². The number of halogens is 1. The highest BCUT2D eigenvalue weighted by molar-refractivity contribution is 6.33. The molecule has 0 aliphatic carbocycles. The van der Waals surface area contributed by atoms with Crippen molar-refractivity contribution in [3.05, 3.63) is 64.2 Å². The van der Waals surface area contributed by atoms with E-state index in [0.717, 1.165) is 29.2 Å². The minimum absolute atomic E-state index is 0.00603. The van der Waals surface area contributed by atoms with Gasteiger partial charge in [-0.05, 0) is 64.0 Å². The number of aryl methyl sites for hydroxylation is 1. The molecule has 0 fully saturated rings. The quantitative estimate of drug-likeness (QED) is 0.542. The highest BCUT2D eigenvalue weighted by Gasteiger charge is 2.31. The molecule has 1 heterocycles. The van der Waals surface area contributed by atoms with Gasteiger partial charge in [0.2, 0.25) is 0 Å². The zero-order valence-corrected chi connectivity index (χ0v) is 17.1. The lowest BCUT2D eigenvalue weighted by Gasteiger charge is -2.43. The molecule has 136 valence electrons. The standard InChI is InChI=1S/C23H27ClN2/c1-6-11-26-22-13-21(24)18(12-20(22)17(3)14-23(26,4)5)15-25-19-9-7-16(2)8-10-19/h7-10,12-15H,6,11H2,1-5H3. The Morgan fingerprint density at radius 3 is 2.46 bits per heavy atom. The lowest BCUT2D eigenvalue weighted by atomic mass is 9.88. The number of allylic oxidation sites excluding steroid dienone is 1.